The number of ether oxygens (including phenoxy) is 3. The molecule has 2 aromatic rings. The quantitative estimate of drug-likeness (QED) is 0.569. The van der Waals surface area contributed by atoms with Gasteiger partial charge >= 0.3 is 11.9 Å². The molecule has 0 aliphatic carbocycles. The van der Waals surface area contributed by atoms with Crippen LogP contribution >= 0.6 is 0 Å². The van der Waals surface area contributed by atoms with Crippen LogP contribution in [0.15, 0.2) is 48.5 Å². The van der Waals surface area contributed by atoms with Gasteiger partial charge in [0, 0.05) is 6.08 Å². The molecule has 2 aromatic carbocycles. The molecule has 0 saturated carbocycles. The van der Waals surface area contributed by atoms with Crippen LogP contribution in [0.5, 0.6) is 5.75 Å². The summed E-state index contributed by atoms with van der Waals surface area (Å²) >= 11 is 0. The second-order valence-corrected chi connectivity index (χ2v) is 6.22. The topological polar surface area (TPSA) is 90.9 Å². The lowest BCUT2D eigenvalue weighted by Gasteiger charge is -2.15. The SMILES string of the molecule is COC(=O)c1ccc(/C=C/C(=O)O[C@@H](C)C(=O)Nc2cc(C)ccc2OC)cc1. The molecule has 7 nitrogen and oxygen atoms in total. The van der Waals surface area contributed by atoms with Crippen LogP contribution in [0.1, 0.15) is 28.4 Å². The molecule has 0 spiro atoms. The molecular formula is C22H23NO6. The van der Waals surface area contributed by atoms with E-state index < -0.39 is 23.9 Å². The number of carbonyl (C=O) groups excluding carboxylic acids is 3. The summed E-state index contributed by atoms with van der Waals surface area (Å²) < 4.78 is 15.0. The maximum Gasteiger partial charge on any atom is 0.337 e. The van der Waals surface area contributed by atoms with Crippen molar-refractivity contribution in [1.29, 1.82) is 0 Å². The zero-order valence-corrected chi connectivity index (χ0v) is 16.7. The Morgan fingerprint density at radius 2 is 1.72 bits per heavy atom. The van der Waals surface area contributed by atoms with Gasteiger partial charge in [0.1, 0.15) is 5.75 Å². The number of amides is 1. The van der Waals surface area contributed by atoms with Crippen LogP contribution in [0, 0.1) is 6.92 Å². The van der Waals surface area contributed by atoms with Gasteiger partial charge in [0.15, 0.2) is 6.10 Å². The number of rotatable bonds is 7. The lowest BCUT2D eigenvalue weighted by Crippen LogP contribution is -2.29. The molecule has 0 radical (unpaired) electrons. The van der Waals surface area contributed by atoms with Gasteiger partial charge in [-0.2, -0.15) is 0 Å². The first-order valence-electron chi connectivity index (χ1n) is 8.86. The Labute approximate surface area is 169 Å². The Morgan fingerprint density at radius 3 is 2.34 bits per heavy atom. The Balaban J connectivity index is 1.94. The van der Waals surface area contributed by atoms with Crippen molar-refractivity contribution in [2.24, 2.45) is 0 Å². The summed E-state index contributed by atoms with van der Waals surface area (Å²) in [5, 5.41) is 2.69. The van der Waals surface area contributed by atoms with Gasteiger partial charge in [0.25, 0.3) is 5.91 Å². The van der Waals surface area contributed by atoms with Crippen molar-refractivity contribution >= 4 is 29.6 Å². The zero-order valence-electron chi connectivity index (χ0n) is 16.7. The lowest BCUT2D eigenvalue weighted by molar-refractivity contribution is -0.148. The van der Waals surface area contributed by atoms with E-state index in [2.05, 4.69) is 10.1 Å². The normalized spacial score (nSPS) is 11.6. The van der Waals surface area contributed by atoms with Gasteiger partial charge in [-0.1, -0.05) is 18.2 Å². The summed E-state index contributed by atoms with van der Waals surface area (Å²) in [6.07, 6.45) is 1.74. The van der Waals surface area contributed by atoms with Gasteiger partial charge in [-0.3, -0.25) is 4.79 Å². The minimum Gasteiger partial charge on any atom is -0.495 e. The average Bonchev–Trinajstić information content (AvgIpc) is 2.72. The van der Waals surface area contributed by atoms with Crippen LogP contribution in [-0.4, -0.2) is 38.2 Å². The second-order valence-electron chi connectivity index (χ2n) is 6.22. The smallest absolute Gasteiger partial charge is 0.337 e. The number of aryl methyl sites for hydroxylation is 1. The predicted molar refractivity (Wildman–Crippen MR) is 109 cm³/mol. The van der Waals surface area contributed by atoms with Crippen LogP contribution in [0.3, 0.4) is 0 Å². The van der Waals surface area contributed by atoms with E-state index in [4.69, 9.17) is 9.47 Å². The number of hydrogen-bond acceptors (Lipinski definition) is 6. The fraction of sp³-hybridized carbons (Fsp3) is 0.227. The second kappa shape index (κ2) is 10.1. The third-order valence-corrected chi connectivity index (χ3v) is 4.02. The van der Waals surface area contributed by atoms with E-state index in [0.717, 1.165) is 5.56 Å². The molecule has 0 aliphatic heterocycles. The first-order valence-corrected chi connectivity index (χ1v) is 8.86. The fourth-order valence-electron chi connectivity index (χ4n) is 2.43. The van der Waals surface area contributed by atoms with E-state index in [1.54, 1.807) is 36.4 Å². The monoisotopic (exact) mass is 397 g/mol. The molecular weight excluding hydrogens is 374 g/mol. The molecule has 1 atom stereocenters. The zero-order chi connectivity index (χ0) is 21.4. The van der Waals surface area contributed by atoms with Crippen molar-refractivity contribution in [3.63, 3.8) is 0 Å². The van der Waals surface area contributed by atoms with Crippen molar-refractivity contribution in [3.8, 4) is 5.75 Å². The van der Waals surface area contributed by atoms with Gasteiger partial charge in [0.2, 0.25) is 0 Å². The number of anilines is 1. The van der Waals surface area contributed by atoms with E-state index in [0.29, 0.717) is 22.6 Å². The van der Waals surface area contributed by atoms with E-state index in [1.807, 2.05) is 13.0 Å². The minimum atomic E-state index is -1.00. The Hall–Kier alpha value is -3.61. The van der Waals surface area contributed by atoms with Gasteiger partial charge in [-0.05, 0) is 55.3 Å². The highest BCUT2D eigenvalue weighted by molar-refractivity contribution is 5.97. The van der Waals surface area contributed by atoms with Gasteiger partial charge < -0.3 is 19.5 Å². The number of methoxy groups -OCH3 is 2. The van der Waals surface area contributed by atoms with Crippen LogP contribution in [0.2, 0.25) is 0 Å². The van der Waals surface area contributed by atoms with E-state index in [-0.39, 0.29) is 0 Å². The average molecular weight is 397 g/mol. The molecule has 0 bridgehead atoms. The first-order chi connectivity index (χ1) is 13.8. The largest absolute Gasteiger partial charge is 0.495 e. The minimum absolute atomic E-state index is 0.407. The summed E-state index contributed by atoms with van der Waals surface area (Å²) in [5.41, 5.74) is 2.55. The summed E-state index contributed by atoms with van der Waals surface area (Å²) in [7, 11) is 2.81. The number of carbonyl (C=O) groups is 3. The summed E-state index contributed by atoms with van der Waals surface area (Å²) in [6, 6.07) is 11.9. The van der Waals surface area contributed by atoms with Crippen molar-refractivity contribution < 1.29 is 28.6 Å². The molecule has 7 heteroatoms. The molecule has 29 heavy (non-hydrogen) atoms. The fourth-order valence-corrected chi connectivity index (χ4v) is 2.43. The molecule has 0 saturated heterocycles. The molecule has 0 aromatic heterocycles. The molecule has 1 amide bonds. The van der Waals surface area contributed by atoms with Crippen molar-refractivity contribution in [2.75, 3.05) is 19.5 Å². The van der Waals surface area contributed by atoms with E-state index >= 15 is 0 Å². The molecule has 0 aliphatic rings. The highest BCUT2D eigenvalue weighted by Gasteiger charge is 2.18. The van der Waals surface area contributed by atoms with Gasteiger partial charge in [-0.25, -0.2) is 9.59 Å². The highest BCUT2D eigenvalue weighted by atomic mass is 16.5. The summed E-state index contributed by atoms with van der Waals surface area (Å²) in [4.78, 5) is 35.7. The Morgan fingerprint density at radius 1 is 1.03 bits per heavy atom. The standard InChI is InChI=1S/C22H23NO6/c1-14-5-11-19(27-3)18(13-14)23-21(25)15(2)29-20(24)12-8-16-6-9-17(10-7-16)22(26)28-4/h5-13,15H,1-4H3,(H,23,25)/b12-8+/t15-/m0/s1. The Bertz CT molecular complexity index is 917. The van der Waals surface area contributed by atoms with Gasteiger partial charge in [-0.15, -0.1) is 0 Å². The molecule has 0 unspecified atom stereocenters. The van der Waals surface area contributed by atoms with Crippen LogP contribution < -0.4 is 10.1 Å². The highest BCUT2D eigenvalue weighted by Crippen LogP contribution is 2.25. The number of hydrogen-bond donors (Lipinski definition) is 1. The van der Waals surface area contributed by atoms with E-state index in [1.165, 1.54) is 33.3 Å². The molecule has 0 fully saturated rings. The van der Waals surface area contributed by atoms with Crippen molar-refractivity contribution in [3.05, 3.63) is 65.2 Å². The third-order valence-electron chi connectivity index (χ3n) is 4.02. The predicted octanol–water partition coefficient (Wildman–Crippen LogP) is 3.37. The number of esters is 2. The van der Waals surface area contributed by atoms with Crippen LogP contribution in [-0.2, 0) is 19.1 Å². The van der Waals surface area contributed by atoms with Crippen molar-refractivity contribution in [2.45, 2.75) is 20.0 Å². The maximum atomic E-state index is 12.3. The maximum absolute atomic E-state index is 12.3. The molecule has 0 heterocycles. The number of nitrogens with one attached hydrogen (secondary N) is 1. The lowest BCUT2D eigenvalue weighted by atomic mass is 10.1. The van der Waals surface area contributed by atoms with Gasteiger partial charge in [0.05, 0.1) is 25.5 Å². The van der Waals surface area contributed by atoms with Crippen LogP contribution in [0.25, 0.3) is 6.08 Å². The number of benzene rings is 2. The summed E-state index contributed by atoms with van der Waals surface area (Å²) in [6.45, 7) is 3.37. The third kappa shape index (κ3) is 6.21. The van der Waals surface area contributed by atoms with Crippen molar-refractivity contribution in [1.82, 2.24) is 0 Å². The summed E-state index contributed by atoms with van der Waals surface area (Å²) in [5.74, 6) is -1.07. The molecule has 2 rings (SSSR count). The van der Waals surface area contributed by atoms with Crippen LogP contribution in [0.4, 0.5) is 5.69 Å². The first kappa shape index (κ1) is 21.7. The molecule has 1 N–H and O–H groups in total. The Kier molecular flexibility index (Phi) is 7.54. The molecule has 152 valence electrons. The van der Waals surface area contributed by atoms with E-state index in [9.17, 15) is 14.4 Å².